The summed E-state index contributed by atoms with van der Waals surface area (Å²) in [7, 11) is 0. The Morgan fingerprint density at radius 2 is 1.83 bits per heavy atom. The van der Waals surface area contributed by atoms with Crippen LogP contribution in [0.15, 0.2) is 54.6 Å². The molecule has 30 heavy (non-hydrogen) atoms. The van der Waals surface area contributed by atoms with E-state index in [0.717, 1.165) is 41.8 Å². The molecule has 0 N–H and O–H groups in total. The van der Waals surface area contributed by atoms with E-state index >= 15 is 0 Å². The average Bonchev–Trinajstić information content (AvgIpc) is 2.77. The second-order valence-electron chi connectivity index (χ2n) is 7.73. The van der Waals surface area contributed by atoms with Crippen molar-refractivity contribution in [1.82, 2.24) is 4.98 Å². The predicted molar refractivity (Wildman–Crippen MR) is 113 cm³/mol. The van der Waals surface area contributed by atoms with Crippen molar-refractivity contribution >= 4 is 16.7 Å². The summed E-state index contributed by atoms with van der Waals surface area (Å²) < 4.78 is 44.2. The highest BCUT2D eigenvalue weighted by molar-refractivity contribution is 5.86. The molecule has 1 aliphatic heterocycles. The second kappa shape index (κ2) is 8.54. The molecule has 0 radical (unpaired) electrons. The van der Waals surface area contributed by atoms with Crippen LogP contribution in [0.5, 0.6) is 5.75 Å². The lowest BCUT2D eigenvalue weighted by Crippen LogP contribution is -2.39. The Balaban J connectivity index is 1.56. The maximum absolute atomic E-state index is 12.7. The average molecular weight is 414 g/mol. The van der Waals surface area contributed by atoms with Crippen molar-refractivity contribution in [2.75, 3.05) is 11.4 Å². The summed E-state index contributed by atoms with van der Waals surface area (Å²) in [4.78, 5) is 7.29. The van der Waals surface area contributed by atoms with E-state index in [2.05, 4.69) is 24.0 Å². The van der Waals surface area contributed by atoms with Crippen molar-refractivity contribution in [2.45, 2.75) is 51.4 Å². The van der Waals surface area contributed by atoms with E-state index in [0.29, 0.717) is 17.4 Å². The van der Waals surface area contributed by atoms with E-state index in [-0.39, 0.29) is 6.61 Å². The van der Waals surface area contributed by atoms with Crippen LogP contribution in [-0.2, 0) is 12.8 Å². The molecular weight excluding hydrogens is 389 g/mol. The minimum Gasteiger partial charge on any atom is -0.487 e. The molecule has 1 unspecified atom stereocenters. The van der Waals surface area contributed by atoms with Gasteiger partial charge in [0.2, 0.25) is 0 Å². The van der Waals surface area contributed by atoms with Crippen LogP contribution in [0.3, 0.4) is 0 Å². The Kier molecular flexibility index (Phi) is 5.84. The van der Waals surface area contributed by atoms with Crippen LogP contribution in [0.4, 0.5) is 19.0 Å². The van der Waals surface area contributed by atoms with Crippen LogP contribution in [-0.4, -0.2) is 17.6 Å². The molecule has 0 bridgehead atoms. The maximum atomic E-state index is 12.7. The first-order valence-corrected chi connectivity index (χ1v) is 10.4. The molecular formula is C24H25F3N2O. The molecule has 1 aromatic heterocycles. The van der Waals surface area contributed by atoms with Crippen LogP contribution in [0.1, 0.15) is 43.7 Å². The molecule has 3 aromatic rings. The zero-order valence-corrected chi connectivity index (χ0v) is 17.0. The SMILES string of the molecule is CCC1CCCCN1c1ccc2cccc(OCc3ccc(C(F)(F)F)cc3)c2n1. The summed E-state index contributed by atoms with van der Waals surface area (Å²) in [5.41, 5.74) is 0.801. The Morgan fingerprint density at radius 1 is 1.03 bits per heavy atom. The third-order valence-corrected chi connectivity index (χ3v) is 5.74. The Hall–Kier alpha value is -2.76. The van der Waals surface area contributed by atoms with Crippen molar-refractivity contribution in [3.05, 3.63) is 65.7 Å². The van der Waals surface area contributed by atoms with E-state index in [1.807, 2.05) is 18.2 Å². The quantitative estimate of drug-likeness (QED) is 0.470. The number of fused-ring (bicyclic) bond motifs is 1. The van der Waals surface area contributed by atoms with Crippen LogP contribution >= 0.6 is 0 Å². The van der Waals surface area contributed by atoms with Gasteiger partial charge < -0.3 is 9.64 Å². The number of ether oxygens (including phenoxy) is 1. The third kappa shape index (κ3) is 4.37. The number of para-hydroxylation sites is 1. The van der Waals surface area contributed by atoms with E-state index in [1.165, 1.54) is 31.4 Å². The first-order chi connectivity index (χ1) is 14.5. The highest BCUT2D eigenvalue weighted by Crippen LogP contribution is 2.31. The van der Waals surface area contributed by atoms with Crippen LogP contribution < -0.4 is 9.64 Å². The molecule has 1 atom stereocenters. The largest absolute Gasteiger partial charge is 0.487 e. The molecule has 0 saturated carbocycles. The molecule has 4 rings (SSSR count). The number of pyridine rings is 1. The van der Waals surface area contributed by atoms with Gasteiger partial charge in [-0.2, -0.15) is 13.2 Å². The van der Waals surface area contributed by atoms with Gasteiger partial charge in [0.1, 0.15) is 23.7 Å². The zero-order chi connectivity index (χ0) is 21.1. The van der Waals surface area contributed by atoms with Crippen molar-refractivity contribution in [3.8, 4) is 5.75 Å². The molecule has 1 aliphatic rings. The standard InChI is InChI=1S/C24H25F3N2O/c1-2-20-7-3-4-15-29(20)22-14-11-18-6-5-8-21(23(18)28-22)30-16-17-9-12-19(13-10-17)24(25,26)27/h5-6,8-14,20H,2-4,7,15-16H2,1H3. The van der Waals surface area contributed by atoms with E-state index < -0.39 is 11.7 Å². The Morgan fingerprint density at radius 3 is 2.57 bits per heavy atom. The van der Waals surface area contributed by atoms with Crippen molar-refractivity contribution in [3.63, 3.8) is 0 Å². The van der Waals surface area contributed by atoms with E-state index in [4.69, 9.17) is 9.72 Å². The molecule has 0 amide bonds. The number of rotatable bonds is 5. The number of halogens is 3. The lowest BCUT2D eigenvalue weighted by Gasteiger charge is -2.36. The number of nitrogens with zero attached hydrogens (tertiary/aromatic N) is 2. The minimum atomic E-state index is -4.33. The normalized spacial score (nSPS) is 17.3. The smallest absolute Gasteiger partial charge is 0.416 e. The van der Waals surface area contributed by atoms with Crippen LogP contribution in [0, 0.1) is 0 Å². The fraction of sp³-hybridized carbons (Fsp3) is 0.375. The first-order valence-electron chi connectivity index (χ1n) is 10.4. The monoisotopic (exact) mass is 414 g/mol. The van der Waals surface area contributed by atoms with Crippen molar-refractivity contribution in [1.29, 1.82) is 0 Å². The zero-order valence-electron chi connectivity index (χ0n) is 17.0. The van der Waals surface area contributed by atoms with Crippen molar-refractivity contribution in [2.24, 2.45) is 0 Å². The maximum Gasteiger partial charge on any atom is 0.416 e. The summed E-state index contributed by atoms with van der Waals surface area (Å²) >= 11 is 0. The topological polar surface area (TPSA) is 25.4 Å². The molecule has 1 fully saturated rings. The van der Waals surface area contributed by atoms with Gasteiger partial charge >= 0.3 is 6.18 Å². The highest BCUT2D eigenvalue weighted by atomic mass is 19.4. The minimum absolute atomic E-state index is 0.185. The van der Waals surface area contributed by atoms with E-state index in [9.17, 15) is 13.2 Å². The summed E-state index contributed by atoms with van der Waals surface area (Å²) in [5.74, 6) is 1.60. The first kappa shape index (κ1) is 20.5. The number of hydrogen-bond donors (Lipinski definition) is 0. The number of benzene rings is 2. The van der Waals surface area contributed by atoms with Gasteiger partial charge in [-0.05, 0) is 61.6 Å². The van der Waals surface area contributed by atoms with Gasteiger partial charge in [0.25, 0.3) is 0 Å². The number of piperidine rings is 1. The third-order valence-electron chi connectivity index (χ3n) is 5.74. The molecule has 6 heteroatoms. The Bertz CT molecular complexity index is 1000. The van der Waals surface area contributed by atoms with Gasteiger partial charge in [0.05, 0.1) is 5.56 Å². The van der Waals surface area contributed by atoms with Gasteiger partial charge in [-0.25, -0.2) is 4.98 Å². The Labute approximate surface area is 174 Å². The van der Waals surface area contributed by atoms with Crippen LogP contribution in [0.2, 0.25) is 0 Å². The predicted octanol–water partition coefficient (Wildman–Crippen LogP) is 6.60. The molecule has 3 nitrogen and oxygen atoms in total. The summed E-state index contributed by atoms with van der Waals surface area (Å²) in [6, 6.07) is 15.4. The van der Waals surface area contributed by atoms with Crippen LogP contribution in [0.25, 0.3) is 10.9 Å². The highest BCUT2D eigenvalue weighted by Gasteiger charge is 2.30. The molecule has 158 valence electrons. The second-order valence-corrected chi connectivity index (χ2v) is 7.73. The number of hydrogen-bond acceptors (Lipinski definition) is 3. The molecule has 2 heterocycles. The van der Waals surface area contributed by atoms with Crippen molar-refractivity contribution < 1.29 is 17.9 Å². The number of alkyl halides is 3. The molecule has 0 spiro atoms. The summed E-state index contributed by atoms with van der Waals surface area (Å²) in [6.45, 7) is 3.40. The van der Waals surface area contributed by atoms with Gasteiger partial charge in [-0.15, -0.1) is 0 Å². The fourth-order valence-electron chi connectivity index (χ4n) is 4.06. The van der Waals surface area contributed by atoms with Gasteiger partial charge in [-0.1, -0.05) is 31.2 Å². The van der Waals surface area contributed by atoms with Gasteiger partial charge in [0.15, 0.2) is 0 Å². The molecule has 2 aromatic carbocycles. The molecule has 0 aliphatic carbocycles. The lowest BCUT2D eigenvalue weighted by molar-refractivity contribution is -0.137. The van der Waals surface area contributed by atoms with E-state index in [1.54, 1.807) is 0 Å². The number of aromatic nitrogens is 1. The number of anilines is 1. The fourth-order valence-corrected chi connectivity index (χ4v) is 4.06. The summed E-state index contributed by atoms with van der Waals surface area (Å²) in [6.07, 6.45) is 0.362. The lowest BCUT2D eigenvalue weighted by atomic mass is 10.00. The molecule has 1 saturated heterocycles. The summed E-state index contributed by atoms with van der Waals surface area (Å²) in [5, 5.41) is 0.980. The van der Waals surface area contributed by atoms with Gasteiger partial charge in [-0.3, -0.25) is 0 Å². The van der Waals surface area contributed by atoms with Gasteiger partial charge in [0, 0.05) is 18.0 Å².